The Balaban J connectivity index is 1.47. The summed E-state index contributed by atoms with van der Waals surface area (Å²) in [5, 5.41) is 3.53. The Bertz CT molecular complexity index is 1270. The lowest BCUT2D eigenvalue weighted by molar-refractivity contribution is 0.0994. The molecule has 31 heavy (non-hydrogen) atoms. The van der Waals surface area contributed by atoms with E-state index in [2.05, 4.69) is 5.32 Å². The molecule has 0 spiro atoms. The second-order valence-electron chi connectivity index (χ2n) is 6.51. The minimum Gasteiger partial charge on any atom is -0.459 e. The monoisotopic (exact) mass is 451 g/mol. The average molecular weight is 452 g/mol. The molecule has 1 amide bonds. The van der Waals surface area contributed by atoms with Crippen molar-refractivity contribution in [1.82, 2.24) is 0 Å². The lowest BCUT2D eigenvalue weighted by atomic mass is 10.1. The Kier molecular flexibility index (Phi) is 6.07. The summed E-state index contributed by atoms with van der Waals surface area (Å²) in [5.74, 6) is 0.578. The van der Waals surface area contributed by atoms with Crippen LogP contribution < -0.4 is 5.32 Å². The van der Waals surface area contributed by atoms with Crippen LogP contribution in [0.3, 0.4) is 0 Å². The van der Waals surface area contributed by atoms with Gasteiger partial charge in [0.15, 0.2) is 11.5 Å². The van der Waals surface area contributed by atoms with Crippen LogP contribution in [-0.4, -0.2) is 11.7 Å². The zero-order valence-corrected chi connectivity index (χ0v) is 17.5. The molecule has 7 heteroatoms. The van der Waals surface area contributed by atoms with E-state index in [0.717, 1.165) is 0 Å². The van der Waals surface area contributed by atoms with Gasteiger partial charge >= 0.3 is 0 Å². The van der Waals surface area contributed by atoms with Crippen molar-refractivity contribution in [2.24, 2.45) is 0 Å². The van der Waals surface area contributed by atoms with Crippen molar-refractivity contribution < 1.29 is 18.4 Å². The lowest BCUT2D eigenvalue weighted by Crippen LogP contribution is -2.11. The predicted octanol–water partition coefficient (Wildman–Crippen LogP) is 6.99. The minimum atomic E-state index is -0.395. The van der Waals surface area contributed by atoms with Crippen molar-refractivity contribution in [3.8, 4) is 11.3 Å². The fourth-order valence-corrected chi connectivity index (χ4v) is 3.28. The molecule has 2 heterocycles. The summed E-state index contributed by atoms with van der Waals surface area (Å²) in [6, 6.07) is 18.6. The number of furan rings is 2. The molecule has 4 rings (SSSR count). The van der Waals surface area contributed by atoms with Crippen LogP contribution in [-0.2, 0) is 0 Å². The minimum absolute atomic E-state index is 0.185. The number of halogens is 2. The van der Waals surface area contributed by atoms with Gasteiger partial charge in [-0.15, -0.1) is 0 Å². The van der Waals surface area contributed by atoms with Gasteiger partial charge in [0, 0.05) is 16.8 Å². The number of carbonyl (C=O) groups excluding carboxylic acids is 2. The number of amides is 1. The number of anilines is 1. The first kappa shape index (κ1) is 20.7. The van der Waals surface area contributed by atoms with Crippen molar-refractivity contribution in [3.63, 3.8) is 0 Å². The maximum absolute atomic E-state index is 12.6. The first-order valence-electron chi connectivity index (χ1n) is 9.23. The second kappa shape index (κ2) is 9.08. The second-order valence-corrected chi connectivity index (χ2v) is 7.30. The van der Waals surface area contributed by atoms with Crippen LogP contribution >= 0.6 is 23.2 Å². The highest BCUT2D eigenvalue weighted by Gasteiger charge is 2.12. The molecule has 0 aliphatic carbocycles. The Morgan fingerprint density at radius 1 is 0.935 bits per heavy atom. The fourth-order valence-electron chi connectivity index (χ4n) is 2.89. The van der Waals surface area contributed by atoms with Crippen LogP contribution in [0.15, 0.2) is 87.9 Å². The molecule has 5 nitrogen and oxygen atoms in total. The third-order valence-electron chi connectivity index (χ3n) is 4.39. The largest absolute Gasteiger partial charge is 0.459 e. The molecule has 0 aliphatic heterocycles. The number of rotatable bonds is 6. The van der Waals surface area contributed by atoms with Gasteiger partial charge in [-0.2, -0.15) is 0 Å². The van der Waals surface area contributed by atoms with Crippen molar-refractivity contribution in [3.05, 3.63) is 106 Å². The van der Waals surface area contributed by atoms with Gasteiger partial charge in [-0.25, -0.2) is 0 Å². The van der Waals surface area contributed by atoms with Gasteiger partial charge in [-0.05, 0) is 60.7 Å². The van der Waals surface area contributed by atoms with Gasteiger partial charge < -0.3 is 14.2 Å². The maximum atomic E-state index is 12.6. The fraction of sp³-hybridized carbons (Fsp3) is 0. The van der Waals surface area contributed by atoms with Crippen molar-refractivity contribution in [2.75, 3.05) is 5.32 Å². The number of benzene rings is 2. The van der Waals surface area contributed by atoms with Gasteiger partial charge in [0.25, 0.3) is 5.91 Å². The average Bonchev–Trinajstić information content (AvgIpc) is 3.46. The van der Waals surface area contributed by atoms with Gasteiger partial charge in [-0.1, -0.05) is 41.4 Å². The molecule has 0 unspecified atom stereocenters. The molecule has 1 N–H and O–H groups in total. The van der Waals surface area contributed by atoms with Crippen LogP contribution in [0.25, 0.3) is 17.4 Å². The summed E-state index contributed by atoms with van der Waals surface area (Å²) in [5.41, 5.74) is 1.56. The highest BCUT2D eigenvalue weighted by Crippen LogP contribution is 2.34. The molecule has 0 radical (unpaired) electrons. The molecule has 154 valence electrons. The molecule has 0 fully saturated rings. The van der Waals surface area contributed by atoms with Crippen LogP contribution in [0.4, 0.5) is 5.69 Å². The summed E-state index contributed by atoms with van der Waals surface area (Å²) >= 11 is 12.3. The molecule has 0 saturated heterocycles. The summed E-state index contributed by atoms with van der Waals surface area (Å²) in [7, 11) is 0. The summed E-state index contributed by atoms with van der Waals surface area (Å²) in [6.45, 7) is 0. The summed E-state index contributed by atoms with van der Waals surface area (Å²) in [6.07, 6.45) is 4.38. The third kappa shape index (κ3) is 4.79. The molecule has 2 aromatic carbocycles. The number of nitrogens with one attached hydrogen (secondary N) is 1. The molecule has 4 aromatic rings. The van der Waals surface area contributed by atoms with Gasteiger partial charge in [0.05, 0.1) is 16.3 Å². The van der Waals surface area contributed by atoms with E-state index in [9.17, 15) is 9.59 Å². The first-order valence-corrected chi connectivity index (χ1v) is 9.98. The van der Waals surface area contributed by atoms with E-state index in [4.69, 9.17) is 32.0 Å². The van der Waals surface area contributed by atoms with E-state index in [1.807, 2.05) is 0 Å². The normalized spacial score (nSPS) is 11.0. The van der Waals surface area contributed by atoms with Crippen LogP contribution in [0, 0.1) is 0 Å². The number of carbonyl (C=O) groups is 2. The Hall–Kier alpha value is -3.54. The van der Waals surface area contributed by atoms with E-state index < -0.39 is 5.91 Å². The molecular formula is C24H15Cl2NO4. The van der Waals surface area contributed by atoms with Gasteiger partial charge in [-0.3, -0.25) is 9.59 Å². The van der Waals surface area contributed by atoms with Crippen molar-refractivity contribution >= 4 is 46.7 Å². The Labute approximate surface area is 187 Å². The molecule has 0 atom stereocenters. The van der Waals surface area contributed by atoms with E-state index in [-0.39, 0.29) is 11.5 Å². The number of ketones is 1. The van der Waals surface area contributed by atoms with Crippen molar-refractivity contribution in [2.45, 2.75) is 0 Å². The van der Waals surface area contributed by atoms with E-state index in [0.29, 0.717) is 38.4 Å². The number of hydrogen-bond acceptors (Lipinski definition) is 4. The number of allylic oxidation sites excluding steroid dienone is 1. The molecular weight excluding hydrogens is 437 g/mol. The van der Waals surface area contributed by atoms with Crippen LogP contribution in [0.2, 0.25) is 10.0 Å². The van der Waals surface area contributed by atoms with Crippen molar-refractivity contribution in [1.29, 1.82) is 0 Å². The molecule has 0 saturated carbocycles. The first-order chi connectivity index (χ1) is 15.0. The van der Waals surface area contributed by atoms with E-state index in [1.165, 1.54) is 12.3 Å². The summed E-state index contributed by atoms with van der Waals surface area (Å²) in [4.78, 5) is 24.7. The van der Waals surface area contributed by atoms with E-state index in [1.54, 1.807) is 72.8 Å². The third-order valence-corrected chi connectivity index (χ3v) is 5.21. The maximum Gasteiger partial charge on any atom is 0.291 e. The predicted molar refractivity (Wildman–Crippen MR) is 121 cm³/mol. The zero-order chi connectivity index (χ0) is 21.8. The van der Waals surface area contributed by atoms with Crippen LogP contribution in [0.5, 0.6) is 0 Å². The topological polar surface area (TPSA) is 72.5 Å². The van der Waals surface area contributed by atoms with E-state index >= 15 is 0 Å². The Morgan fingerprint density at radius 2 is 1.77 bits per heavy atom. The molecule has 2 aromatic heterocycles. The summed E-state index contributed by atoms with van der Waals surface area (Å²) < 4.78 is 10.8. The quantitative estimate of drug-likeness (QED) is 0.253. The van der Waals surface area contributed by atoms with Gasteiger partial charge in [0.2, 0.25) is 0 Å². The lowest BCUT2D eigenvalue weighted by Gasteiger charge is -2.04. The standard InChI is InChI=1S/C24H15Cl2NO4/c25-19-7-2-6-18(23(19)26)21-12-10-17(31-21)9-11-20(28)15-4-1-5-16(14-15)27-24(29)22-8-3-13-30-22/h1-14H,(H,27,29)/b11-9+. The highest BCUT2D eigenvalue weighted by atomic mass is 35.5. The smallest absolute Gasteiger partial charge is 0.291 e. The van der Waals surface area contributed by atoms with Crippen LogP contribution in [0.1, 0.15) is 26.7 Å². The van der Waals surface area contributed by atoms with Gasteiger partial charge in [0.1, 0.15) is 11.5 Å². The molecule has 0 aliphatic rings. The Morgan fingerprint density at radius 3 is 2.58 bits per heavy atom. The SMILES string of the molecule is O=C(/C=C/c1ccc(-c2cccc(Cl)c2Cl)o1)c1cccc(NC(=O)c2ccco2)c1. The highest BCUT2D eigenvalue weighted by molar-refractivity contribution is 6.43. The molecule has 0 bridgehead atoms. The zero-order valence-electron chi connectivity index (χ0n) is 16.0. The number of hydrogen-bond donors (Lipinski definition) is 1.